The molecule has 1 aliphatic heterocycles. The Hall–Kier alpha value is -1.16. The summed E-state index contributed by atoms with van der Waals surface area (Å²) < 4.78 is 16.7. The van der Waals surface area contributed by atoms with Crippen LogP contribution in [0.5, 0.6) is 0 Å². The molecule has 0 radical (unpaired) electrons. The summed E-state index contributed by atoms with van der Waals surface area (Å²) in [4.78, 5) is 25.4. The van der Waals surface area contributed by atoms with E-state index in [4.69, 9.17) is 15.8 Å². The normalized spacial score (nSPS) is 17.0. The van der Waals surface area contributed by atoms with Gasteiger partial charge in [-0.15, -0.1) is 0 Å². The number of fused-ring (bicyclic) bond motifs is 1. The second-order valence-electron chi connectivity index (χ2n) is 4.75. The number of unbranched alkanes of at least 4 members (excludes halogenated alkanes) is 1. The second-order valence-corrected chi connectivity index (χ2v) is 8.18. The second kappa shape index (κ2) is 6.73. The fourth-order valence-corrected chi connectivity index (χ4v) is 4.04. The van der Waals surface area contributed by atoms with Crippen molar-refractivity contribution >= 4 is 29.8 Å². The van der Waals surface area contributed by atoms with E-state index in [1.807, 2.05) is 0 Å². The molecule has 0 N–H and O–H groups in total. The maximum atomic E-state index is 12.1. The van der Waals surface area contributed by atoms with Crippen LogP contribution in [0.1, 0.15) is 40.5 Å². The third-order valence-corrected chi connectivity index (χ3v) is 5.55. The molecule has 0 saturated carbocycles. The zero-order valence-corrected chi connectivity index (χ0v) is 13.4. The molecule has 1 atom stereocenters. The number of rotatable bonds is 7. The topological polar surface area (TPSA) is 63.7 Å². The van der Waals surface area contributed by atoms with Gasteiger partial charge in [-0.25, -0.2) is 0 Å². The lowest BCUT2D eigenvalue weighted by atomic mass is 10.1. The molecule has 7 heteroatoms. The predicted octanol–water partition coefficient (Wildman–Crippen LogP) is 3.53. The molecule has 1 aromatic carbocycles. The van der Waals surface area contributed by atoms with Crippen LogP contribution in [0.2, 0.25) is 0 Å². The molecule has 0 fully saturated rings. The van der Waals surface area contributed by atoms with E-state index in [1.54, 1.807) is 31.2 Å². The standard InChI is InChI=1S/C14H17ClNO4P/c1-2-20-21(15,19)10-6-5-9-16-13(17)11-7-3-4-8-12(11)14(16)18/h3-4,7-8H,2,5-6,9-10H2,1H3. The summed E-state index contributed by atoms with van der Waals surface area (Å²) in [7, 11) is 0. The summed E-state index contributed by atoms with van der Waals surface area (Å²) in [5, 5.41) is 0. The van der Waals surface area contributed by atoms with E-state index in [-0.39, 0.29) is 18.0 Å². The Morgan fingerprint density at radius 3 is 2.24 bits per heavy atom. The Morgan fingerprint density at radius 2 is 1.71 bits per heavy atom. The summed E-state index contributed by atoms with van der Waals surface area (Å²) in [6.07, 6.45) is 1.33. The molecule has 0 saturated heterocycles. The van der Waals surface area contributed by atoms with Crippen LogP contribution in [0.4, 0.5) is 0 Å². The van der Waals surface area contributed by atoms with Crippen LogP contribution < -0.4 is 0 Å². The van der Waals surface area contributed by atoms with Crippen LogP contribution in [-0.4, -0.2) is 36.0 Å². The number of amides is 2. The predicted molar refractivity (Wildman–Crippen MR) is 81.0 cm³/mol. The van der Waals surface area contributed by atoms with Crippen molar-refractivity contribution in [2.24, 2.45) is 0 Å². The summed E-state index contributed by atoms with van der Waals surface area (Å²) in [6, 6.07) is 6.77. The van der Waals surface area contributed by atoms with Gasteiger partial charge in [-0.05, 0) is 43.1 Å². The quantitative estimate of drug-likeness (QED) is 0.436. The zero-order valence-electron chi connectivity index (χ0n) is 11.8. The molecule has 2 rings (SSSR count). The minimum absolute atomic E-state index is 0.242. The number of hydrogen-bond donors (Lipinski definition) is 0. The molecule has 0 aliphatic carbocycles. The van der Waals surface area contributed by atoms with Gasteiger partial charge in [0.1, 0.15) is 0 Å². The Bertz CT molecular complexity index is 569. The molecule has 0 aromatic heterocycles. The number of benzene rings is 1. The first kappa shape index (κ1) is 16.2. The van der Waals surface area contributed by atoms with Crippen LogP contribution in [0.25, 0.3) is 0 Å². The van der Waals surface area contributed by atoms with Crippen molar-refractivity contribution in [2.75, 3.05) is 19.3 Å². The molecule has 0 bridgehead atoms. The van der Waals surface area contributed by atoms with Gasteiger partial charge in [0.15, 0.2) is 0 Å². The lowest BCUT2D eigenvalue weighted by Crippen LogP contribution is -2.30. The van der Waals surface area contributed by atoms with Crippen molar-refractivity contribution in [3.05, 3.63) is 35.4 Å². The summed E-state index contributed by atoms with van der Waals surface area (Å²) in [5.74, 6) is -0.538. The number of halogens is 1. The highest BCUT2D eigenvalue weighted by Crippen LogP contribution is 2.52. The zero-order chi connectivity index (χ0) is 15.5. The smallest absolute Gasteiger partial charge is 0.290 e. The first-order valence-corrected chi connectivity index (χ1v) is 9.56. The SMILES string of the molecule is CCOP(=O)(Cl)CCCCN1C(=O)c2ccccc2C1=O. The average molecular weight is 330 g/mol. The minimum atomic E-state index is -3.06. The fraction of sp³-hybridized carbons (Fsp3) is 0.429. The molecule has 21 heavy (non-hydrogen) atoms. The molecular weight excluding hydrogens is 313 g/mol. The first-order chi connectivity index (χ1) is 9.96. The highest BCUT2D eigenvalue weighted by atomic mass is 35.7. The van der Waals surface area contributed by atoms with E-state index in [9.17, 15) is 14.2 Å². The number of carbonyl (C=O) groups is 2. The van der Waals surface area contributed by atoms with Gasteiger partial charge in [-0.1, -0.05) is 12.1 Å². The third kappa shape index (κ3) is 3.73. The number of nitrogens with zero attached hydrogens (tertiary/aromatic N) is 1. The minimum Gasteiger partial charge on any atom is -0.318 e. The average Bonchev–Trinajstić information content (AvgIpc) is 2.68. The first-order valence-electron chi connectivity index (χ1n) is 6.85. The van der Waals surface area contributed by atoms with Crippen molar-refractivity contribution in [3.63, 3.8) is 0 Å². The Kier molecular flexibility index (Phi) is 5.20. The third-order valence-electron chi connectivity index (χ3n) is 3.26. The number of hydrogen-bond acceptors (Lipinski definition) is 4. The Morgan fingerprint density at radius 1 is 1.14 bits per heavy atom. The van der Waals surface area contributed by atoms with Gasteiger partial charge in [0.05, 0.1) is 17.7 Å². The highest BCUT2D eigenvalue weighted by molar-refractivity contribution is 7.85. The molecule has 1 aromatic rings. The van der Waals surface area contributed by atoms with Crippen molar-refractivity contribution in [1.29, 1.82) is 0 Å². The van der Waals surface area contributed by atoms with Crippen LogP contribution in [-0.2, 0) is 9.09 Å². The number of carbonyl (C=O) groups excluding carboxylic acids is 2. The van der Waals surface area contributed by atoms with Crippen LogP contribution in [0, 0.1) is 0 Å². The largest absolute Gasteiger partial charge is 0.318 e. The number of imide groups is 1. The van der Waals surface area contributed by atoms with E-state index in [0.717, 1.165) is 0 Å². The van der Waals surface area contributed by atoms with Crippen LogP contribution >= 0.6 is 18.0 Å². The van der Waals surface area contributed by atoms with Crippen molar-refractivity contribution < 1.29 is 18.7 Å². The molecule has 2 amide bonds. The molecular formula is C14H17ClNO4P. The van der Waals surface area contributed by atoms with Crippen molar-refractivity contribution in [1.82, 2.24) is 4.90 Å². The highest BCUT2D eigenvalue weighted by Gasteiger charge is 2.34. The van der Waals surface area contributed by atoms with Gasteiger partial charge in [0.25, 0.3) is 18.5 Å². The van der Waals surface area contributed by atoms with E-state index in [1.165, 1.54) is 4.90 Å². The summed E-state index contributed by atoms with van der Waals surface area (Å²) >= 11 is 5.75. The Balaban J connectivity index is 1.87. The summed E-state index contributed by atoms with van der Waals surface area (Å²) in [5.41, 5.74) is 0.889. The van der Waals surface area contributed by atoms with E-state index in [2.05, 4.69) is 0 Å². The summed E-state index contributed by atoms with van der Waals surface area (Å²) in [6.45, 7) is -0.723. The van der Waals surface area contributed by atoms with Gasteiger partial charge < -0.3 is 4.52 Å². The molecule has 0 spiro atoms. The lowest BCUT2D eigenvalue weighted by molar-refractivity contribution is 0.0652. The van der Waals surface area contributed by atoms with Crippen LogP contribution in [0.3, 0.4) is 0 Å². The van der Waals surface area contributed by atoms with Gasteiger partial charge >= 0.3 is 0 Å². The van der Waals surface area contributed by atoms with Gasteiger partial charge in [-0.2, -0.15) is 0 Å². The van der Waals surface area contributed by atoms with Gasteiger partial charge in [0, 0.05) is 12.7 Å². The van der Waals surface area contributed by atoms with E-state index < -0.39 is 6.72 Å². The van der Waals surface area contributed by atoms with E-state index >= 15 is 0 Å². The fourth-order valence-electron chi connectivity index (χ4n) is 2.27. The maximum Gasteiger partial charge on any atom is 0.290 e. The Labute approximate surface area is 128 Å². The van der Waals surface area contributed by atoms with Crippen molar-refractivity contribution in [2.45, 2.75) is 19.8 Å². The van der Waals surface area contributed by atoms with Crippen molar-refractivity contribution in [3.8, 4) is 0 Å². The molecule has 1 unspecified atom stereocenters. The van der Waals surface area contributed by atoms with Gasteiger partial charge in [-0.3, -0.25) is 19.1 Å². The maximum absolute atomic E-state index is 12.1. The van der Waals surface area contributed by atoms with Gasteiger partial charge in [0.2, 0.25) is 0 Å². The molecule has 1 aliphatic rings. The molecule has 1 heterocycles. The molecule has 5 nitrogen and oxygen atoms in total. The molecule has 114 valence electrons. The van der Waals surface area contributed by atoms with Crippen LogP contribution in [0.15, 0.2) is 24.3 Å². The van der Waals surface area contributed by atoms with E-state index in [0.29, 0.717) is 37.1 Å². The lowest BCUT2D eigenvalue weighted by Gasteiger charge is -2.14. The monoisotopic (exact) mass is 329 g/mol.